The lowest BCUT2D eigenvalue weighted by Gasteiger charge is -2.32. The molecule has 3 heteroatoms. The predicted molar refractivity (Wildman–Crippen MR) is 70.0 cm³/mol. The minimum atomic E-state index is 0.201. The van der Waals surface area contributed by atoms with Crippen LogP contribution < -0.4 is 5.32 Å². The Hall–Kier alpha value is -0.900. The fourth-order valence-corrected chi connectivity index (χ4v) is 2.14. The van der Waals surface area contributed by atoms with Crippen molar-refractivity contribution in [3.05, 3.63) is 35.9 Å². The topological polar surface area (TPSA) is 24.5 Å². The van der Waals surface area contributed by atoms with E-state index in [1.807, 2.05) is 0 Å². The Labute approximate surface area is 104 Å². The fraction of sp³-hybridized carbons (Fsp3) is 0.571. The van der Waals surface area contributed by atoms with Gasteiger partial charge in [-0.15, -0.1) is 0 Å². The Morgan fingerprint density at radius 3 is 2.94 bits per heavy atom. The predicted octanol–water partition coefficient (Wildman–Crippen LogP) is 1.50. The highest BCUT2D eigenvalue weighted by Crippen LogP contribution is 2.03. The average Bonchev–Trinajstić information content (AvgIpc) is 2.40. The van der Waals surface area contributed by atoms with E-state index in [9.17, 15) is 0 Å². The van der Waals surface area contributed by atoms with Crippen molar-refractivity contribution in [2.24, 2.45) is 0 Å². The first-order valence-corrected chi connectivity index (χ1v) is 6.49. The quantitative estimate of drug-likeness (QED) is 0.835. The van der Waals surface area contributed by atoms with Crippen LogP contribution in [0.5, 0.6) is 0 Å². The van der Waals surface area contributed by atoms with Gasteiger partial charge in [0, 0.05) is 19.6 Å². The number of likely N-dealkylation sites (N-methyl/N-ethyl adjacent to an activating group) is 1. The van der Waals surface area contributed by atoms with Crippen LogP contribution in [0.4, 0.5) is 0 Å². The van der Waals surface area contributed by atoms with E-state index in [2.05, 4.69) is 47.5 Å². The number of benzene rings is 1. The monoisotopic (exact) mass is 234 g/mol. The zero-order chi connectivity index (χ0) is 11.9. The van der Waals surface area contributed by atoms with Gasteiger partial charge in [-0.25, -0.2) is 0 Å². The van der Waals surface area contributed by atoms with Crippen molar-refractivity contribution in [2.45, 2.75) is 19.6 Å². The summed E-state index contributed by atoms with van der Waals surface area (Å²) in [5.74, 6) is 0. The highest BCUT2D eigenvalue weighted by Gasteiger charge is 2.17. The maximum Gasteiger partial charge on any atom is 0.121 e. The van der Waals surface area contributed by atoms with Crippen LogP contribution in [-0.2, 0) is 11.2 Å². The van der Waals surface area contributed by atoms with Crippen LogP contribution in [0.15, 0.2) is 30.3 Å². The minimum absolute atomic E-state index is 0.201. The summed E-state index contributed by atoms with van der Waals surface area (Å²) in [5.41, 5.74) is 1.38. The molecular formula is C14H22N2O. The van der Waals surface area contributed by atoms with Crippen molar-refractivity contribution < 1.29 is 4.74 Å². The van der Waals surface area contributed by atoms with Gasteiger partial charge < -0.3 is 4.74 Å². The van der Waals surface area contributed by atoms with E-state index in [1.165, 1.54) is 5.56 Å². The summed E-state index contributed by atoms with van der Waals surface area (Å²) in [6.07, 6.45) is 1.26. The van der Waals surface area contributed by atoms with Gasteiger partial charge in [0.25, 0.3) is 0 Å². The van der Waals surface area contributed by atoms with Crippen LogP contribution in [0.1, 0.15) is 12.5 Å². The van der Waals surface area contributed by atoms with Gasteiger partial charge in [-0.05, 0) is 18.5 Å². The number of ether oxygens (including phenoxy) is 1. The summed E-state index contributed by atoms with van der Waals surface area (Å²) in [4.78, 5) is 2.42. The number of hydrogen-bond acceptors (Lipinski definition) is 3. The first kappa shape index (κ1) is 12.6. The summed E-state index contributed by atoms with van der Waals surface area (Å²) < 4.78 is 5.70. The standard InChI is InChI=1S/C14H22N2O/c1-2-16-10-11-17-14(12-16)15-9-8-13-6-4-3-5-7-13/h3-7,14-15H,2,8-12H2,1H3. The van der Waals surface area contributed by atoms with Crippen molar-refractivity contribution in [3.8, 4) is 0 Å². The van der Waals surface area contributed by atoms with E-state index in [0.29, 0.717) is 0 Å². The van der Waals surface area contributed by atoms with Gasteiger partial charge in [0.2, 0.25) is 0 Å². The molecule has 1 saturated heterocycles. The molecule has 1 N–H and O–H groups in total. The lowest BCUT2D eigenvalue weighted by molar-refractivity contribution is -0.0433. The van der Waals surface area contributed by atoms with Gasteiger partial charge in [0.05, 0.1) is 6.61 Å². The van der Waals surface area contributed by atoms with E-state index in [0.717, 1.165) is 39.2 Å². The third kappa shape index (κ3) is 4.11. The van der Waals surface area contributed by atoms with Crippen molar-refractivity contribution in [1.29, 1.82) is 0 Å². The molecule has 1 fully saturated rings. The molecule has 1 atom stereocenters. The molecule has 17 heavy (non-hydrogen) atoms. The molecule has 1 aliphatic rings. The molecule has 94 valence electrons. The largest absolute Gasteiger partial charge is 0.361 e. The molecule has 1 unspecified atom stereocenters. The van der Waals surface area contributed by atoms with Gasteiger partial charge in [-0.3, -0.25) is 10.2 Å². The molecular weight excluding hydrogens is 212 g/mol. The van der Waals surface area contributed by atoms with Gasteiger partial charge in [-0.1, -0.05) is 37.3 Å². The first-order chi connectivity index (χ1) is 8.38. The Balaban J connectivity index is 1.68. The molecule has 0 aliphatic carbocycles. The van der Waals surface area contributed by atoms with E-state index >= 15 is 0 Å². The lowest BCUT2D eigenvalue weighted by atomic mass is 10.1. The number of nitrogens with zero attached hydrogens (tertiary/aromatic N) is 1. The van der Waals surface area contributed by atoms with Crippen LogP contribution in [0.3, 0.4) is 0 Å². The maximum absolute atomic E-state index is 5.70. The molecule has 0 bridgehead atoms. The lowest BCUT2D eigenvalue weighted by Crippen LogP contribution is -2.49. The Morgan fingerprint density at radius 2 is 2.18 bits per heavy atom. The number of nitrogens with one attached hydrogen (secondary N) is 1. The molecule has 1 aliphatic heterocycles. The van der Waals surface area contributed by atoms with Gasteiger partial charge in [0.15, 0.2) is 0 Å². The van der Waals surface area contributed by atoms with Crippen LogP contribution in [-0.4, -0.2) is 43.9 Å². The van der Waals surface area contributed by atoms with E-state index < -0.39 is 0 Å². The molecule has 3 nitrogen and oxygen atoms in total. The van der Waals surface area contributed by atoms with Crippen molar-refractivity contribution in [3.63, 3.8) is 0 Å². The number of rotatable bonds is 5. The summed E-state index contributed by atoms with van der Waals surface area (Å²) in [7, 11) is 0. The zero-order valence-corrected chi connectivity index (χ0v) is 10.6. The van der Waals surface area contributed by atoms with Crippen LogP contribution >= 0.6 is 0 Å². The number of morpholine rings is 1. The minimum Gasteiger partial charge on any atom is -0.361 e. The molecule has 0 amide bonds. The third-order valence-electron chi connectivity index (χ3n) is 3.23. The molecule has 2 rings (SSSR count). The first-order valence-electron chi connectivity index (χ1n) is 6.49. The molecule has 0 spiro atoms. The zero-order valence-electron chi connectivity index (χ0n) is 10.6. The normalized spacial score (nSPS) is 21.6. The van der Waals surface area contributed by atoms with Crippen molar-refractivity contribution >= 4 is 0 Å². The second-order valence-corrected chi connectivity index (χ2v) is 4.44. The number of hydrogen-bond donors (Lipinski definition) is 1. The smallest absolute Gasteiger partial charge is 0.121 e. The Morgan fingerprint density at radius 1 is 1.35 bits per heavy atom. The summed E-state index contributed by atoms with van der Waals surface area (Å²) in [6, 6.07) is 10.6. The van der Waals surface area contributed by atoms with E-state index in [-0.39, 0.29) is 6.23 Å². The van der Waals surface area contributed by atoms with Crippen LogP contribution in [0.2, 0.25) is 0 Å². The second-order valence-electron chi connectivity index (χ2n) is 4.44. The molecule has 1 heterocycles. The van der Waals surface area contributed by atoms with Crippen molar-refractivity contribution in [2.75, 3.05) is 32.8 Å². The fourth-order valence-electron chi connectivity index (χ4n) is 2.14. The third-order valence-corrected chi connectivity index (χ3v) is 3.23. The maximum atomic E-state index is 5.70. The molecule has 0 radical (unpaired) electrons. The molecule has 1 aromatic carbocycles. The molecule has 1 aromatic rings. The summed E-state index contributed by atoms with van der Waals surface area (Å²) >= 11 is 0. The molecule has 0 saturated carbocycles. The Kier molecular flexibility index (Phi) is 4.98. The van der Waals surface area contributed by atoms with Gasteiger partial charge in [-0.2, -0.15) is 0 Å². The second kappa shape index (κ2) is 6.74. The van der Waals surface area contributed by atoms with Crippen LogP contribution in [0.25, 0.3) is 0 Å². The van der Waals surface area contributed by atoms with E-state index in [4.69, 9.17) is 4.74 Å². The van der Waals surface area contributed by atoms with Gasteiger partial charge in [0.1, 0.15) is 6.23 Å². The highest BCUT2D eigenvalue weighted by atomic mass is 16.5. The van der Waals surface area contributed by atoms with E-state index in [1.54, 1.807) is 0 Å². The Bertz CT molecular complexity index is 315. The van der Waals surface area contributed by atoms with Gasteiger partial charge >= 0.3 is 0 Å². The van der Waals surface area contributed by atoms with Crippen molar-refractivity contribution in [1.82, 2.24) is 10.2 Å². The highest BCUT2D eigenvalue weighted by molar-refractivity contribution is 5.14. The summed E-state index contributed by atoms with van der Waals surface area (Å²) in [5, 5.41) is 3.47. The molecule has 0 aromatic heterocycles. The SMILES string of the molecule is CCN1CCOC(NCCc2ccccc2)C1. The average molecular weight is 234 g/mol. The summed E-state index contributed by atoms with van der Waals surface area (Å²) in [6.45, 7) is 7.20. The van der Waals surface area contributed by atoms with Crippen LogP contribution in [0, 0.1) is 0 Å².